The summed E-state index contributed by atoms with van der Waals surface area (Å²) in [5.74, 6) is 1.29. The van der Waals surface area contributed by atoms with E-state index in [0.29, 0.717) is 23.3 Å². The molecule has 0 bridgehead atoms. The smallest absolute Gasteiger partial charge is 0.435 e. The topological polar surface area (TPSA) is 53.4 Å². The fourth-order valence-corrected chi connectivity index (χ4v) is 5.21. The van der Waals surface area contributed by atoms with Gasteiger partial charge in [-0.25, -0.2) is 4.79 Å². The lowest BCUT2D eigenvalue weighted by atomic mass is 9.51. The Labute approximate surface area is 145 Å². The van der Waals surface area contributed by atoms with Crippen molar-refractivity contribution in [3.8, 4) is 5.88 Å². The Morgan fingerprint density at radius 2 is 1.88 bits per heavy atom. The first kappa shape index (κ1) is 16.1. The highest BCUT2D eigenvalue weighted by atomic mass is 16.6. The molecular weight excluding hydrogens is 302 g/mol. The molecule has 0 amide bonds. The molecule has 3 fully saturated rings. The first-order chi connectivity index (χ1) is 11.1. The zero-order valence-corrected chi connectivity index (χ0v) is 15.4. The number of nitrogens with zero attached hydrogens (tertiary/aromatic N) is 2. The second kappa shape index (κ2) is 4.61. The summed E-state index contributed by atoms with van der Waals surface area (Å²) < 4.78 is 12.4. The maximum Gasteiger partial charge on any atom is 0.435 e. The lowest BCUT2D eigenvalue weighted by Crippen LogP contribution is -2.28. The molecule has 0 saturated heterocycles. The largest absolute Gasteiger partial charge is 0.478 e. The first-order valence-corrected chi connectivity index (χ1v) is 9.02. The molecule has 0 atom stereocenters. The van der Waals surface area contributed by atoms with Gasteiger partial charge in [0.15, 0.2) is 0 Å². The molecule has 0 unspecified atom stereocenters. The predicted octanol–water partition coefficient (Wildman–Crippen LogP) is 1.62. The lowest BCUT2D eigenvalue weighted by Gasteiger charge is -2.25. The van der Waals surface area contributed by atoms with Gasteiger partial charge in [0.2, 0.25) is 5.88 Å². The Morgan fingerprint density at radius 1 is 1.29 bits per heavy atom. The van der Waals surface area contributed by atoms with Crippen LogP contribution in [-0.4, -0.2) is 43.8 Å². The maximum absolute atomic E-state index is 12.0. The second-order valence-corrected chi connectivity index (χ2v) is 9.60. The van der Waals surface area contributed by atoms with Crippen LogP contribution in [0.1, 0.15) is 46.5 Å². The van der Waals surface area contributed by atoms with Crippen molar-refractivity contribution in [1.29, 1.82) is 0 Å². The van der Waals surface area contributed by atoms with E-state index in [-0.39, 0.29) is 5.21 Å². The average Bonchev–Trinajstić information content (AvgIpc) is 3.40. The van der Waals surface area contributed by atoms with Crippen LogP contribution in [0.15, 0.2) is 12.3 Å². The summed E-state index contributed by atoms with van der Waals surface area (Å²) in [4.78, 5) is 12.0. The number of rotatable bonds is 4. The minimum absolute atomic E-state index is 0.155. The summed E-state index contributed by atoms with van der Waals surface area (Å²) in [7, 11) is 4.63. The summed E-state index contributed by atoms with van der Waals surface area (Å²) in [6, 6.07) is 1.73. The molecule has 3 aliphatic carbocycles. The predicted molar refractivity (Wildman–Crippen MR) is 96.0 cm³/mol. The SMILES string of the molecule is BC(B)(COc1ccn(C(=O)OC(C)(C)C)n1)C1C2(CC2)C12CC2. The summed E-state index contributed by atoms with van der Waals surface area (Å²) >= 11 is 0. The highest BCUT2D eigenvalue weighted by Crippen LogP contribution is 2.95. The quantitative estimate of drug-likeness (QED) is 0.788. The van der Waals surface area contributed by atoms with Crippen molar-refractivity contribution in [2.24, 2.45) is 16.7 Å². The first-order valence-electron chi connectivity index (χ1n) is 9.02. The van der Waals surface area contributed by atoms with Gasteiger partial charge in [0, 0.05) is 12.3 Å². The summed E-state index contributed by atoms with van der Waals surface area (Å²) in [5.41, 5.74) is 0.792. The third kappa shape index (κ3) is 2.39. The fraction of sp³-hybridized carbons (Fsp3) is 0.765. The minimum Gasteiger partial charge on any atom is -0.478 e. The van der Waals surface area contributed by atoms with Crippen LogP contribution in [0, 0.1) is 16.7 Å². The van der Waals surface area contributed by atoms with Gasteiger partial charge in [-0.3, -0.25) is 0 Å². The third-order valence-corrected chi connectivity index (χ3v) is 6.11. The molecule has 1 aromatic rings. The van der Waals surface area contributed by atoms with Gasteiger partial charge in [-0.1, -0.05) is 0 Å². The number of fused-ring (bicyclic) bond motifs is 1. The van der Waals surface area contributed by atoms with Crippen molar-refractivity contribution < 1.29 is 14.3 Å². The molecule has 0 aromatic carbocycles. The van der Waals surface area contributed by atoms with Crippen molar-refractivity contribution in [2.75, 3.05) is 6.61 Å². The molecule has 2 spiro atoms. The van der Waals surface area contributed by atoms with E-state index >= 15 is 0 Å². The van der Waals surface area contributed by atoms with E-state index in [1.807, 2.05) is 20.8 Å². The van der Waals surface area contributed by atoms with Gasteiger partial charge in [0.1, 0.15) is 21.3 Å². The van der Waals surface area contributed by atoms with Crippen molar-refractivity contribution >= 4 is 21.8 Å². The van der Waals surface area contributed by atoms with E-state index in [1.54, 1.807) is 12.3 Å². The zero-order chi connectivity index (χ0) is 17.4. The number of hydrogen-bond donors (Lipinski definition) is 0. The van der Waals surface area contributed by atoms with Gasteiger partial charge in [-0.05, 0) is 68.4 Å². The van der Waals surface area contributed by atoms with Crippen LogP contribution >= 0.6 is 0 Å². The molecule has 4 rings (SSSR count). The van der Waals surface area contributed by atoms with E-state index < -0.39 is 11.7 Å². The van der Waals surface area contributed by atoms with Crippen LogP contribution in [0.3, 0.4) is 0 Å². The Hall–Kier alpha value is -1.39. The van der Waals surface area contributed by atoms with Gasteiger partial charge in [-0.15, -0.1) is 5.10 Å². The van der Waals surface area contributed by atoms with Crippen LogP contribution in [0.5, 0.6) is 5.88 Å². The van der Waals surface area contributed by atoms with Gasteiger partial charge in [0.25, 0.3) is 0 Å². The van der Waals surface area contributed by atoms with Crippen LogP contribution in [0.4, 0.5) is 4.79 Å². The Morgan fingerprint density at radius 3 is 2.38 bits per heavy atom. The molecule has 24 heavy (non-hydrogen) atoms. The molecule has 3 aliphatic rings. The van der Waals surface area contributed by atoms with E-state index in [9.17, 15) is 4.79 Å². The number of carbonyl (C=O) groups is 1. The average molecular weight is 328 g/mol. The maximum atomic E-state index is 12.0. The second-order valence-electron chi connectivity index (χ2n) is 9.60. The minimum atomic E-state index is -0.533. The molecule has 7 heteroatoms. The number of hydrogen-bond acceptors (Lipinski definition) is 4. The van der Waals surface area contributed by atoms with Gasteiger partial charge in [0.05, 0.1) is 6.61 Å². The summed E-state index contributed by atoms with van der Waals surface area (Å²) in [5, 5.41) is 4.36. The molecule has 0 aliphatic heterocycles. The Kier molecular flexibility index (Phi) is 3.09. The van der Waals surface area contributed by atoms with Crippen molar-refractivity contribution in [1.82, 2.24) is 9.78 Å². The highest BCUT2D eigenvalue weighted by Gasteiger charge is 2.88. The number of carbonyl (C=O) groups excluding carboxylic acids is 1. The van der Waals surface area contributed by atoms with Crippen LogP contribution in [-0.2, 0) is 4.74 Å². The molecular formula is C17H26B2N2O3. The van der Waals surface area contributed by atoms with Crippen LogP contribution in [0.25, 0.3) is 0 Å². The molecule has 0 N–H and O–H groups in total. The number of aromatic nitrogens is 2. The molecule has 0 radical (unpaired) electrons. The third-order valence-electron chi connectivity index (χ3n) is 6.11. The monoisotopic (exact) mass is 328 g/mol. The normalized spacial score (nSPS) is 23.3. The van der Waals surface area contributed by atoms with Gasteiger partial charge < -0.3 is 9.47 Å². The fourth-order valence-electron chi connectivity index (χ4n) is 5.21. The molecule has 1 aromatic heterocycles. The summed E-state index contributed by atoms with van der Waals surface area (Å²) in [6.07, 6.45) is 6.76. The van der Waals surface area contributed by atoms with Crippen LogP contribution < -0.4 is 4.74 Å². The van der Waals surface area contributed by atoms with E-state index in [1.165, 1.54) is 30.4 Å². The van der Waals surface area contributed by atoms with E-state index in [0.717, 1.165) is 5.92 Å². The summed E-state index contributed by atoms with van der Waals surface area (Å²) in [6.45, 7) is 6.16. The van der Waals surface area contributed by atoms with Crippen molar-refractivity contribution in [3.63, 3.8) is 0 Å². The van der Waals surface area contributed by atoms with Crippen LogP contribution in [0.2, 0.25) is 5.21 Å². The molecule has 128 valence electrons. The molecule has 1 heterocycles. The van der Waals surface area contributed by atoms with E-state index in [4.69, 9.17) is 9.47 Å². The van der Waals surface area contributed by atoms with Gasteiger partial charge >= 0.3 is 6.09 Å². The molecule has 3 saturated carbocycles. The van der Waals surface area contributed by atoms with E-state index in [2.05, 4.69) is 20.8 Å². The highest BCUT2D eigenvalue weighted by molar-refractivity contribution is 6.40. The van der Waals surface area contributed by atoms with Crippen molar-refractivity contribution in [2.45, 2.75) is 57.3 Å². The van der Waals surface area contributed by atoms with Crippen molar-refractivity contribution in [3.05, 3.63) is 12.3 Å². The Balaban J connectivity index is 1.36. The lowest BCUT2D eigenvalue weighted by molar-refractivity contribution is 0.0511. The number of ether oxygens (including phenoxy) is 2. The Bertz CT molecular complexity index is 666. The molecule has 5 nitrogen and oxygen atoms in total. The van der Waals surface area contributed by atoms with Gasteiger partial charge in [-0.2, -0.15) is 4.68 Å². The zero-order valence-electron chi connectivity index (χ0n) is 15.4. The standard InChI is InChI=1S/C17H26B2N2O3/c1-14(2,3)24-13(22)21-9-4-11(20-21)23-10-17(18,19)12-15(5-6-15)16(12)7-8-16/h4,9,12H,5-8,10,18-19H2,1-3H3.